The van der Waals surface area contributed by atoms with Gasteiger partial charge in [0.15, 0.2) is 0 Å². The number of aromatic nitrogens is 1. The van der Waals surface area contributed by atoms with Gasteiger partial charge in [0.2, 0.25) is 0 Å². The van der Waals surface area contributed by atoms with Gasteiger partial charge in [-0.25, -0.2) is 5.43 Å². The monoisotopic (exact) mass is 336 g/mol. The Labute approximate surface area is 148 Å². The molecule has 3 rings (SSSR count). The van der Waals surface area contributed by atoms with E-state index in [1.807, 2.05) is 6.07 Å². The van der Waals surface area contributed by atoms with Crippen LogP contribution in [0.5, 0.6) is 0 Å². The molecule has 1 aromatic heterocycles. The maximum absolute atomic E-state index is 11.9. The number of hydrogen-bond donors (Lipinski definition) is 1. The predicted molar refractivity (Wildman–Crippen MR) is 101 cm³/mol. The largest absolute Gasteiger partial charge is 0.369 e. The fraction of sp³-hybridized carbons (Fsp3) is 0.350. The van der Waals surface area contributed by atoms with E-state index >= 15 is 0 Å². The van der Waals surface area contributed by atoms with Crippen molar-refractivity contribution in [1.29, 1.82) is 0 Å². The molecule has 130 valence electrons. The zero-order valence-electron chi connectivity index (χ0n) is 15.2. The molecule has 1 N–H and O–H groups in total. The second-order valence-corrected chi connectivity index (χ2v) is 7.21. The molecule has 1 aliphatic heterocycles. The summed E-state index contributed by atoms with van der Waals surface area (Å²) in [7, 11) is 2.14. The molecule has 0 radical (unpaired) electrons. The van der Waals surface area contributed by atoms with Crippen LogP contribution in [-0.4, -0.2) is 29.7 Å². The van der Waals surface area contributed by atoms with Crippen molar-refractivity contribution in [3.8, 4) is 0 Å². The van der Waals surface area contributed by atoms with Crippen LogP contribution in [0.3, 0.4) is 0 Å². The van der Waals surface area contributed by atoms with E-state index in [1.165, 1.54) is 11.3 Å². The van der Waals surface area contributed by atoms with Crippen molar-refractivity contribution < 1.29 is 4.79 Å². The number of hydrazone groups is 1. The zero-order valence-corrected chi connectivity index (χ0v) is 15.2. The van der Waals surface area contributed by atoms with Crippen LogP contribution in [0, 0.1) is 0 Å². The van der Waals surface area contributed by atoms with Crippen LogP contribution in [0.4, 0.5) is 5.69 Å². The van der Waals surface area contributed by atoms with Crippen molar-refractivity contribution in [3.63, 3.8) is 0 Å². The average Bonchev–Trinajstić information content (AvgIpc) is 2.60. The number of rotatable bonds is 3. The van der Waals surface area contributed by atoms with Crippen LogP contribution in [-0.2, 0) is 0 Å². The number of amides is 1. The van der Waals surface area contributed by atoms with Gasteiger partial charge in [0, 0.05) is 24.5 Å². The quantitative estimate of drug-likeness (QED) is 0.688. The van der Waals surface area contributed by atoms with E-state index in [9.17, 15) is 4.79 Å². The third kappa shape index (κ3) is 3.55. The Hall–Kier alpha value is -2.69. The van der Waals surface area contributed by atoms with E-state index in [-0.39, 0.29) is 11.4 Å². The number of carbonyl (C=O) groups is 1. The Balaban J connectivity index is 1.75. The van der Waals surface area contributed by atoms with Crippen LogP contribution < -0.4 is 10.3 Å². The minimum Gasteiger partial charge on any atom is -0.369 e. The summed E-state index contributed by atoms with van der Waals surface area (Å²) in [5.41, 5.74) is 6.58. The zero-order chi connectivity index (χ0) is 18.0. The highest BCUT2D eigenvalue weighted by Crippen LogP contribution is 2.42. The van der Waals surface area contributed by atoms with Gasteiger partial charge in [-0.3, -0.25) is 9.78 Å². The van der Waals surface area contributed by atoms with E-state index in [0.29, 0.717) is 11.6 Å². The van der Waals surface area contributed by atoms with Crippen molar-refractivity contribution in [1.82, 2.24) is 10.4 Å². The Kier molecular flexibility index (Phi) is 4.57. The van der Waals surface area contributed by atoms with Gasteiger partial charge in [-0.2, -0.15) is 5.10 Å². The molecule has 0 saturated carbocycles. The third-order valence-corrected chi connectivity index (χ3v) is 4.93. The summed E-state index contributed by atoms with van der Waals surface area (Å²) in [6.07, 6.45) is 4.36. The van der Waals surface area contributed by atoms with Gasteiger partial charge < -0.3 is 4.90 Å². The summed E-state index contributed by atoms with van der Waals surface area (Å²) < 4.78 is 0. The summed E-state index contributed by atoms with van der Waals surface area (Å²) in [5, 5.41) is 4.06. The molecule has 5 nitrogen and oxygen atoms in total. The van der Waals surface area contributed by atoms with Crippen molar-refractivity contribution in [2.75, 3.05) is 11.9 Å². The van der Waals surface area contributed by atoms with Gasteiger partial charge in [0.05, 0.1) is 6.21 Å². The van der Waals surface area contributed by atoms with Crippen LogP contribution in [0.2, 0.25) is 0 Å². The topological polar surface area (TPSA) is 57.6 Å². The first-order chi connectivity index (χ1) is 11.9. The lowest BCUT2D eigenvalue weighted by atomic mass is 9.80. The molecule has 1 aromatic carbocycles. The molecular weight excluding hydrogens is 312 g/mol. The van der Waals surface area contributed by atoms with Crippen LogP contribution in [0.15, 0.2) is 47.7 Å². The highest BCUT2D eigenvalue weighted by Gasteiger charge is 2.33. The number of fused-ring (bicyclic) bond motifs is 1. The number of carbonyl (C=O) groups excluding carboxylic acids is 1. The predicted octanol–water partition coefficient (Wildman–Crippen LogP) is 3.57. The number of benzene rings is 1. The molecular formula is C20H24N4O. The molecule has 0 aliphatic carbocycles. The number of pyridine rings is 1. The smallest absolute Gasteiger partial charge is 0.289 e. The molecule has 0 bridgehead atoms. The van der Waals surface area contributed by atoms with Crippen LogP contribution in [0.25, 0.3) is 0 Å². The van der Waals surface area contributed by atoms with Crippen molar-refractivity contribution in [2.24, 2.45) is 5.10 Å². The second-order valence-electron chi connectivity index (χ2n) is 7.21. The molecule has 2 aromatic rings. The molecule has 1 aliphatic rings. The summed E-state index contributed by atoms with van der Waals surface area (Å²) in [4.78, 5) is 18.3. The minimum absolute atomic E-state index is 0.151. The first-order valence-electron chi connectivity index (χ1n) is 8.51. The van der Waals surface area contributed by atoms with E-state index < -0.39 is 0 Å². The lowest BCUT2D eigenvalue weighted by molar-refractivity contribution is 0.0950. The standard InChI is InChI=1S/C20H24N4O/c1-14-12-20(2,3)24(4)18-9-8-15(11-16(14)18)13-22-23-19(25)17-7-5-6-10-21-17/h5-11,13-14H,12H2,1-4H3,(H,23,25)/b22-13+. The lowest BCUT2D eigenvalue weighted by Crippen LogP contribution is -2.45. The SMILES string of the molecule is CC1CC(C)(C)N(C)c2ccc(/C=N/NC(=O)c3ccccn3)cc21. The van der Waals surface area contributed by atoms with Gasteiger partial charge in [-0.15, -0.1) is 0 Å². The van der Waals surface area contributed by atoms with Crippen molar-refractivity contribution in [3.05, 3.63) is 59.4 Å². The van der Waals surface area contributed by atoms with Crippen LogP contribution in [0.1, 0.15) is 54.7 Å². The molecule has 1 atom stereocenters. The highest BCUT2D eigenvalue weighted by atomic mass is 16.2. The van der Waals surface area contributed by atoms with Gasteiger partial charge in [-0.1, -0.05) is 19.1 Å². The number of nitrogens with zero attached hydrogens (tertiary/aromatic N) is 3. The third-order valence-electron chi connectivity index (χ3n) is 4.93. The normalized spacial score (nSPS) is 18.9. The molecule has 2 heterocycles. The summed E-state index contributed by atoms with van der Waals surface area (Å²) in [6, 6.07) is 11.5. The fourth-order valence-electron chi connectivity index (χ4n) is 3.40. The molecule has 0 saturated heterocycles. The van der Waals surface area contributed by atoms with Gasteiger partial charge in [0.1, 0.15) is 5.69 Å². The maximum Gasteiger partial charge on any atom is 0.289 e. The Morgan fingerprint density at radius 1 is 1.36 bits per heavy atom. The molecule has 1 amide bonds. The summed E-state index contributed by atoms with van der Waals surface area (Å²) in [6.45, 7) is 6.81. The Bertz CT molecular complexity index is 799. The van der Waals surface area contributed by atoms with E-state index in [0.717, 1.165) is 12.0 Å². The first-order valence-corrected chi connectivity index (χ1v) is 8.51. The van der Waals surface area contributed by atoms with Gasteiger partial charge in [-0.05, 0) is 61.6 Å². The highest BCUT2D eigenvalue weighted by molar-refractivity contribution is 5.93. The molecule has 5 heteroatoms. The Morgan fingerprint density at radius 2 is 2.16 bits per heavy atom. The minimum atomic E-state index is -0.315. The fourth-order valence-corrected chi connectivity index (χ4v) is 3.40. The second kappa shape index (κ2) is 6.67. The van der Waals surface area contributed by atoms with Crippen LogP contribution >= 0.6 is 0 Å². The number of nitrogens with one attached hydrogen (secondary N) is 1. The number of hydrogen-bond acceptors (Lipinski definition) is 4. The summed E-state index contributed by atoms with van der Waals surface area (Å²) in [5.74, 6) is 0.169. The molecule has 0 fully saturated rings. The van der Waals surface area contributed by atoms with E-state index in [1.54, 1.807) is 30.6 Å². The maximum atomic E-state index is 11.9. The molecule has 0 spiro atoms. The Morgan fingerprint density at radius 3 is 2.88 bits per heavy atom. The molecule has 25 heavy (non-hydrogen) atoms. The lowest BCUT2D eigenvalue weighted by Gasteiger charge is -2.45. The summed E-state index contributed by atoms with van der Waals surface area (Å²) >= 11 is 0. The molecule has 1 unspecified atom stereocenters. The van der Waals surface area contributed by atoms with Gasteiger partial charge in [0.25, 0.3) is 5.91 Å². The number of anilines is 1. The van der Waals surface area contributed by atoms with E-state index in [2.05, 4.69) is 60.4 Å². The van der Waals surface area contributed by atoms with Gasteiger partial charge >= 0.3 is 0 Å². The first kappa shape index (κ1) is 17.1. The van der Waals surface area contributed by atoms with Crippen molar-refractivity contribution >= 4 is 17.8 Å². The van der Waals surface area contributed by atoms with E-state index in [4.69, 9.17) is 0 Å². The average molecular weight is 336 g/mol. The van der Waals surface area contributed by atoms with Crippen molar-refractivity contribution in [2.45, 2.75) is 38.6 Å².